The minimum absolute atomic E-state index is 0.303. The van der Waals surface area contributed by atoms with Crippen LogP contribution in [0.4, 0.5) is 10.1 Å². The van der Waals surface area contributed by atoms with Gasteiger partial charge in [0, 0.05) is 19.2 Å². The number of ether oxygens (including phenoxy) is 1. The summed E-state index contributed by atoms with van der Waals surface area (Å²) < 4.78 is 19.1. The third-order valence-corrected chi connectivity index (χ3v) is 3.02. The topological polar surface area (TPSA) is 84.7 Å². The highest BCUT2D eigenvalue weighted by Gasteiger charge is 2.28. The SMILES string of the molecule is CC1(C)CN(c2cnn(C(F)C(=O)O)c(=O)c2)CCO1. The molecule has 0 bridgehead atoms. The van der Waals surface area contributed by atoms with Crippen LogP contribution in [0.1, 0.15) is 20.1 Å². The maximum atomic E-state index is 13.3. The number of hydrogen-bond donors (Lipinski definition) is 1. The molecule has 1 aromatic heterocycles. The van der Waals surface area contributed by atoms with Crippen LogP contribution >= 0.6 is 0 Å². The number of nitrogens with zero attached hydrogens (tertiary/aromatic N) is 3. The van der Waals surface area contributed by atoms with Gasteiger partial charge >= 0.3 is 5.97 Å². The number of anilines is 1. The van der Waals surface area contributed by atoms with Crippen LogP contribution < -0.4 is 10.5 Å². The molecule has 0 spiro atoms. The average Bonchev–Trinajstić information content (AvgIpc) is 2.36. The number of morpholine rings is 1. The Hall–Kier alpha value is -1.96. The van der Waals surface area contributed by atoms with E-state index in [4.69, 9.17) is 9.84 Å². The molecule has 0 amide bonds. The summed E-state index contributed by atoms with van der Waals surface area (Å²) in [5.74, 6) is -1.75. The summed E-state index contributed by atoms with van der Waals surface area (Å²) in [4.78, 5) is 24.2. The van der Waals surface area contributed by atoms with Crippen LogP contribution in [0.2, 0.25) is 0 Å². The maximum absolute atomic E-state index is 13.3. The summed E-state index contributed by atoms with van der Waals surface area (Å²) in [5, 5.41) is 12.1. The molecule has 7 nitrogen and oxygen atoms in total. The Labute approximate surface area is 114 Å². The predicted octanol–water partition coefficient (Wildman–Crippen LogP) is 0.411. The van der Waals surface area contributed by atoms with Gasteiger partial charge in [0.15, 0.2) is 0 Å². The average molecular weight is 285 g/mol. The lowest BCUT2D eigenvalue weighted by Gasteiger charge is -2.39. The lowest BCUT2D eigenvalue weighted by molar-refractivity contribution is -0.147. The lowest BCUT2D eigenvalue weighted by atomic mass is 10.1. The second-order valence-electron chi connectivity index (χ2n) is 5.20. The Morgan fingerprint density at radius 1 is 1.60 bits per heavy atom. The molecule has 0 aliphatic carbocycles. The monoisotopic (exact) mass is 285 g/mol. The summed E-state index contributed by atoms with van der Waals surface area (Å²) >= 11 is 0. The van der Waals surface area contributed by atoms with Gasteiger partial charge in [0.05, 0.1) is 24.1 Å². The molecule has 1 saturated heterocycles. The number of rotatable bonds is 3. The summed E-state index contributed by atoms with van der Waals surface area (Å²) in [6, 6.07) is 1.18. The molecule has 2 heterocycles. The molecular formula is C12H16FN3O4. The van der Waals surface area contributed by atoms with Gasteiger partial charge in [0.25, 0.3) is 11.9 Å². The number of alkyl halides is 1. The van der Waals surface area contributed by atoms with Crippen LogP contribution in [0.3, 0.4) is 0 Å². The van der Waals surface area contributed by atoms with Crippen molar-refractivity contribution < 1.29 is 19.0 Å². The van der Waals surface area contributed by atoms with Crippen LogP contribution in [-0.2, 0) is 9.53 Å². The van der Waals surface area contributed by atoms with Gasteiger partial charge in [-0.1, -0.05) is 0 Å². The van der Waals surface area contributed by atoms with Crippen molar-refractivity contribution in [1.82, 2.24) is 9.78 Å². The quantitative estimate of drug-likeness (QED) is 0.866. The zero-order chi connectivity index (χ0) is 14.9. The van der Waals surface area contributed by atoms with E-state index in [0.717, 1.165) is 0 Å². The van der Waals surface area contributed by atoms with Crippen molar-refractivity contribution in [3.63, 3.8) is 0 Å². The first-order chi connectivity index (χ1) is 9.30. The smallest absolute Gasteiger partial charge is 0.361 e. The number of aromatic nitrogens is 2. The molecule has 0 radical (unpaired) electrons. The maximum Gasteiger partial charge on any atom is 0.361 e. The van der Waals surface area contributed by atoms with Gasteiger partial charge in [-0.15, -0.1) is 0 Å². The molecule has 1 aromatic rings. The summed E-state index contributed by atoms with van der Waals surface area (Å²) in [5.41, 5.74) is -0.613. The van der Waals surface area contributed by atoms with Crippen LogP contribution in [-0.4, -0.2) is 46.2 Å². The largest absolute Gasteiger partial charge is 0.478 e. The third-order valence-electron chi connectivity index (χ3n) is 3.02. The number of hydrogen-bond acceptors (Lipinski definition) is 5. The molecule has 110 valence electrons. The van der Waals surface area contributed by atoms with Crippen LogP contribution in [0, 0.1) is 0 Å². The van der Waals surface area contributed by atoms with Gasteiger partial charge in [-0.25, -0.2) is 9.18 Å². The van der Waals surface area contributed by atoms with Gasteiger partial charge in [-0.2, -0.15) is 9.78 Å². The summed E-state index contributed by atoms with van der Waals surface area (Å²) in [6.45, 7) is 5.52. The normalized spacial score (nSPS) is 19.6. The minimum atomic E-state index is -2.47. The molecule has 1 aliphatic rings. The molecular weight excluding hydrogens is 269 g/mol. The molecule has 2 rings (SSSR count). The number of halogens is 1. The van der Waals surface area contributed by atoms with E-state index < -0.39 is 17.8 Å². The molecule has 1 atom stereocenters. The first kappa shape index (κ1) is 14.4. The van der Waals surface area contributed by atoms with E-state index in [1.807, 2.05) is 18.7 Å². The van der Waals surface area contributed by atoms with Crippen molar-refractivity contribution in [1.29, 1.82) is 0 Å². The number of carboxylic acid groups (broad SMARTS) is 1. The van der Waals surface area contributed by atoms with E-state index in [1.165, 1.54) is 12.3 Å². The fourth-order valence-electron chi connectivity index (χ4n) is 2.09. The van der Waals surface area contributed by atoms with E-state index >= 15 is 0 Å². The molecule has 1 fully saturated rings. The van der Waals surface area contributed by atoms with Gasteiger partial charge in [-0.05, 0) is 13.8 Å². The van der Waals surface area contributed by atoms with Crippen molar-refractivity contribution in [3.8, 4) is 0 Å². The van der Waals surface area contributed by atoms with Gasteiger partial charge in [0.1, 0.15) is 0 Å². The second kappa shape index (κ2) is 5.20. The van der Waals surface area contributed by atoms with Crippen LogP contribution in [0.5, 0.6) is 0 Å². The van der Waals surface area contributed by atoms with Crippen molar-refractivity contribution in [3.05, 3.63) is 22.6 Å². The van der Waals surface area contributed by atoms with Crippen molar-refractivity contribution in [2.45, 2.75) is 25.7 Å². The second-order valence-corrected chi connectivity index (χ2v) is 5.20. The predicted molar refractivity (Wildman–Crippen MR) is 68.5 cm³/mol. The number of aliphatic carboxylic acids is 1. The van der Waals surface area contributed by atoms with Gasteiger partial charge in [0.2, 0.25) is 0 Å². The van der Waals surface area contributed by atoms with E-state index in [9.17, 15) is 14.0 Å². The van der Waals surface area contributed by atoms with Gasteiger partial charge < -0.3 is 14.7 Å². The molecule has 1 aliphatic heterocycles. The Bertz CT molecular complexity index is 572. The zero-order valence-corrected chi connectivity index (χ0v) is 11.2. The van der Waals surface area contributed by atoms with Crippen molar-refractivity contribution in [2.24, 2.45) is 0 Å². The van der Waals surface area contributed by atoms with Crippen molar-refractivity contribution >= 4 is 11.7 Å². The summed E-state index contributed by atoms with van der Waals surface area (Å²) in [6.07, 6.45) is -1.18. The molecule has 0 aromatic carbocycles. The van der Waals surface area contributed by atoms with Crippen LogP contribution in [0.25, 0.3) is 0 Å². The summed E-state index contributed by atoms with van der Waals surface area (Å²) in [7, 11) is 0. The molecule has 0 saturated carbocycles. The molecule has 1 N–H and O–H groups in total. The first-order valence-electron chi connectivity index (χ1n) is 6.15. The zero-order valence-electron chi connectivity index (χ0n) is 11.2. The van der Waals surface area contributed by atoms with Gasteiger partial charge in [-0.3, -0.25) is 4.79 Å². The van der Waals surface area contributed by atoms with E-state index in [0.29, 0.717) is 30.1 Å². The fraction of sp³-hybridized carbons (Fsp3) is 0.583. The molecule has 20 heavy (non-hydrogen) atoms. The highest BCUT2D eigenvalue weighted by atomic mass is 19.1. The Morgan fingerprint density at radius 2 is 2.30 bits per heavy atom. The van der Waals surface area contributed by atoms with Crippen molar-refractivity contribution in [2.75, 3.05) is 24.6 Å². The number of carboxylic acids is 1. The van der Waals surface area contributed by atoms with E-state index in [1.54, 1.807) is 0 Å². The Kier molecular flexibility index (Phi) is 3.76. The third kappa shape index (κ3) is 2.96. The van der Waals surface area contributed by atoms with E-state index in [2.05, 4.69) is 5.10 Å². The minimum Gasteiger partial charge on any atom is -0.478 e. The number of carbonyl (C=O) groups is 1. The molecule has 1 unspecified atom stereocenters. The highest BCUT2D eigenvalue weighted by Crippen LogP contribution is 2.21. The standard InChI is InChI=1S/C12H16FN3O4/c1-12(2)7-15(3-4-20-12)8-5-9(17)16(14-6-8)10(13)11(18)19/h5-6,10H,3-4,7H2,1-2H3,(H,18,19). The van der Waals surface area contributed by atoms with Crippen LogP contribution in [0.15, 0.2) is 17.1 Å². The van der Waals surface area contributed by atoms with E-state index in [-0.39, 0.29) is 5.60 Å². The molecule has 8 heteroatoms. The Balaban J connectivity index is 2.25. The first-order valence-corrected chi connectivity index (χ1v) is 6.15. The lowest BCUT2D eigenvalue weighted by Crippen LogP contribution is -2.48. The Morgan fingerprint density at radius 3 is 2.85 bits per heavy atom. The highest BCUT2D eigenvalue weighted by molar-refractivity contribution is 5.69. The fourth-order valence-corrected chi connectivity index (χ4v) is 2.09.